The van der Waals surface area contributed by atoms with Gasteiger partial charge in [-0.05, 0) is 30.7 Å². The van der Waals surface area contributed by atoms with Crippen LogP contribution in [-0.2, 0) is 0 Å². The van der Waals surface area contributed by atoms with E-state index in [0.29, 0.717) is 34.6 Å². The molecule has 6 nitrogen and oxygen atoms in total. The average molecular weight is 420 g/mol. The van der Waals surface area contributed by atoms with Crippen LogP contribution in [0.25, 0.3) is 22.2 Å². The second-order valence-electron chi connectivity index (χ2n) is 6.70. The third-order valence-corrected chi connectivity index (χ3v) is 5.75. The number of fused-ring (bicyclic) bond motifs is 1. The molecule has 0 unspecified atom stereocenters. The molecule has 0 aliphatic carbocycles. The molecular formula is C23H20N2O4S. The number of hydrogen-bond donors (Lipinski definition) is 1. The van der Waals surface area contributed by atoms with Crippen molar-refractivity contribution < 1.29 is 13.9 Å². The van der Waals surface area contributed by atoms with Crippen LogP contribution in [-0.4, -0.2) is 18.0 Å². The Kier molecular flexibility index (Phi) is 5.63. The first-order chi connectivity index (χ1) is 14.6. The first-order valence-electron chi connectivity index (χ1n) is 9.53. The molecule has 0 saturated heterocycles. The van der Waals surface area contributed by atoms with E-state index in [9.17, 15) is 9.59 Å². The van der Waals surface area contributed by atoms with Gasteiger partial charge in [0.2, 0.25) is 0 Å². The fourth-order valence-electron chi connectivity index (χ4n) is 3.20. The lowest BCUT2D eigenvalue weighted by Gasteiger charge is -2.14. The van der Waals surface area contributed by atoms with Gasteiger partial charge in [-0.1, -0.05) is 37.3 Å². The van der Waals surface area contributed by atoms with E-state index in [1.807, 2.05) is 42.6 Å². The lowest BCUT2D eigenvalue weighted by Crippen LogP contribution is -2.28. The minimum Gasteiger partial charge on any atom is -0.493 e. The molecule has 4 aromatic rings. The molecule has 30 heavy (non-hydrogen) atoms. The van der Waals surface area contributed by atoms with Crippen molar-refractivity contribution >= 4 is 28.2 Å². The molecule has 0 fully saturated rings. The number of ether oxygens (including phenoxy) is 1. The number of nitrogens with zero attached hydrogens (tertiary/aromatic N) is 1. The Balaban J connectivity index is 1.64. The van der Waals surface area contributed by atoms with Crippen LogP contribution in [0, 0.1) is 0 Å². The zero-order valence-electron chi connectivity index (χ0n) is 16.5. The molecular weight excluding hydrogens is 400 g/mol. The van der Waals surface area contributed by atoms with Crippen molar-refractivity contribution in [2.45, 2.75) is 19.4 Å². The fourth-order valence-corrected chi connectivity index (χ4v) is 4.15. The monoisotopic (exact) mass is 420 g/mol. The van der Waals surface area contributed by atoms with E-state index in [1.165, 1.54) is 18.4 Å². The number of carbonyl (C=O) groups excluding carboxylic acids is 1. The van der Waals surface area contributed by atoms with Gasteiger partial charge in [0.05, 0.1) is 24.4 Å². The van der Waals surface area contributed by atoms with Crippen LogP contribution in [0.1, 0.15) is 34.8 Å². The summed E-state index contributed by atoms with van der Waals surface area (Å²) in [5.74, 6) is 0.348. The van der Waals surface area contributed by atoms with Crippen molar-refractivity contribution in [1.29, 1.82) is 0 Å². The number of aromatic nitrogens is 1. The van der Waals surface area contributed by atoms with Crippen LogP contribution >= 0.6 is 11.3 Å². The molecule has 1 N–H and O–H groups in total. The van der Waals surface area contributed by atoms with Crippen LogP contribution < -0.4 is 15.7 Å². The van der Waals surface area contributed by atoms with Gasteiger partial charge in [-0.15, -0.1) is 11.3 Å². The fraction of sp³-hybridized carbons (Fsp3) is 0.174. The van der Waals surface area contributed by atoms with Crippen LogP contribution in [0.4, 0.5) is 0 Å². The van der Waals surface area contributed by atoms with E-state index in [-0.39, 0.29) is 11.9 Å². The van der Waals surface area contributed by atoms with Crippen molar-refractivity contribution in [3.63, 3.8) is 0 Å². The molecule has 4 rings (SSSR count). The van der Waals surface area contributed by atoms with Crippen molar-refractivity contribution in [3.05, 3.63) is 81.0 Å². The van der Waals surface area contributed by atoms with Gasteiger partial charge in [0, 0.05) is 16.3 Å². The smallest absolute Gasteiger partial charge is 0.345 e. The normalized spacial score (nSPS) is 11.9. The molecule has 152 valence electrons. The highest BCUT2D eigenvalue weighted by molar-refractivity contribution is 7.10. The van der Waals surface area contributed by atoms with E-state index in [4.69, 9.17) is 9.15 Å². The summed E-state index contributed by atoms with van der Waals surface area (Å²) in [5, 5.41) is 6.32. The summed E-state index contributed by atoms with van der Waals surface area (Å²) in [6, 6.07) is 16.0. The Hall–Kier alpha value is -3.45. The van der Waals surface area contributed by atoms with Gasteiger partial charge >= 0.3 is 5.63 Å². The minimum absolute atomic E-state index is 0.156. The van der Waals surface area contributed by atoms with Gasteiger partial charge < -0.3 is 14.5 Å². The second-order valence-corrected chi connectivity index (χ2v) is 7.59. The molecule has 2 heterocycles. The number of benzene rings is 2. The van der Waals surface area contributed by atoms with E-state index in [2.05, 4.69) is 10.3 Å². The molecule has 0 spiro atoms. The summed E-state index contributed by atoms with van der Waals surface area (Å²) in [7, 11) is 1.53. The number of carbonyl (C=O) groups is 1. The summed E-state index contributed by atoms with van der Waals surface area (Å²) >= 11 is 1.40. The largest absolute Gasteiger partial charge is 0.493 e. The number of amides is 1. The van der Waals surface area contributed by atoms with E-state index < -0.39 is 5.63 Å². The number of para-hydroxylation sites is 1. The lowest BCUT2D eigenvalue weighted by molar-refractivity contribution is 0.0935. The van der Waals surface area contributed by atoms with Crippen LogP contribution in [0.3, 0.4) is 0 Å². The summed E-state index contributed by atoms with van der Waals surface area (Å²) in [6.07, 6.45) is 0.676. The Labute approximate surface area is 177 Å². The molecule has 0 radical (unpaired) electrons. The number of hydrogen-bond acceptors (Lipinski definition) is 6. The highest BCUT2D eigenvalue weighted by atomic mass is 32.1. The van der Waals surface area contributed by atoms with Gasteiger partial charge in [0.1, 0.15) is 5.01 Å². The minimum atomic E-state index is -0.481. The van der Waals surface area contributed by atoms with Crippen LogP contribution in [0.5, 0.6) is 5.75 Å². The van der Waals surface area contributed by atoms with Crippen LogP contribution in [0.15, 0.2) is 69.2 Å². The number of thiazole rings is 1. The van der Waals surface area contributed by atoms with Gasteiger partial charge in [-0.25, -0.2) is 9.78 Å². The van der Waals surface area contributed by atoms with Crippen LogP contribution in [0.2, 0.25) is 0 Å². The first kappa shape index (κ1) is 19.8. The quantitative estimate of drug-likeness (QED) is 0.453. The van der Waals surface area contributed by atoms with E-state index >= 15 is 0 Å². The van der Waals surface area contributed by atoms with E-state index in [1.54, 1.807) is 24.3 Å². The molecule has 7 heteroatoms. The van der Waals surface area contributed by atoms with Crippen molar-refractivity contribution in [2.75, 3.05) is 7.11 Å². The molecule has 0 bridgehead atoms. The maximum Gasteiger partial charge on any atom is 0.345 e. The molecule has 0 aliphatic rings. The maximum absolute atomic E-state index is 12.6. The highest BCUT2D eigenvalue weighted by Crippen LogP contribution is 2.30. The molecule has 1 amide bonds. The standard InChI is InChI=1S/C23H20N2O4S/c1-3-17(24-21(26)14-8-5-4-6-9-14)22-25-18(13-30-22)16-12-15-10-7-11-19(28-2)20(15)29-23(16)27/h4-13,17H,3H2,1-2H3,(H,24,26)/t17-/m1/s1. The number of rotatable bonds is 6. The lowest BCUT2D eigenvalue weighted by atomic mass is 10.1. The average Bonchev–Trinajstić information content (AvgIpc) is 3.26. The zero-order chi connectivity index (χ0) is 21.1. The Morgan fingerprint density at radius 3 is 2.73 bits per heavy atom. The van der Waals surface area contributed by atoms with Crippen molar-refractivity contribution in [3.8, 4) is 17.0 Å². The molecule has 2 aromatic heterocycles. The van der Waals surface area contributed by atoms with Crippen molar-refractivity contribution in [1.82, 2.24) is 10.3 Å². The predicted octanol–water partition coefficient (Wildman–Crippen LogP) is 4.81. The molecule has 0 saturated carbocycles. The molecule has 1 atom stereocenters. The first-order valence-corrected chi connectivity index (χ1v) is 10.4. The number of methoxy groups -OCH3 is 1. The summed E-state index contributed by atoms with van der Waals surface area (Å²) in [5.41, 5.74) is 1.43. The number of nitrogens with one attached hydrogen (secondary N) is 1. The Morgan fingerprint density at radius 2 is 2.00 bits per heavy atom. The highest BCUT2D eigenvalue weighted by Gasteiger charge is 2.19. The molecule has 2 aromatic carbocycles. The van der Waals surface area contributed by atoms with Crippen molar-refractivity contribution in [2.24, 2.45) is 0 Å². The van der Waals surface area contributed by atoms with Gasteiger partial charge in [-0.3, -0.25) is 4.79 Å². The van der Waals surface area contributed by atoms with Gasteiger partial charge in [0.25, 0.3) is 5.91 Å². The Bertz CT molecular complexity index is 1250. The van der Waals surface area contributed by atoms with E-state index in [0.717, 1.165) is 10.4 Å². The Morgan fingerprint density at radius 1 is 1.20 bits per heavy atom. The summed E-state index contributed by atoms with van der Waals surface area (Å²) in [6.45, 7) is 1.98. The van der Waals surface area contributed by atoms with Gasteiger partial charge in [0.15, 0.2) is 11.3 Å². The third-order valence-electron chi connectivity index (χ3n) is 4.79. The predicted molar refractivity (Wildman–Crippen MR) is 117 cm³/mol. The zero-order valence-corrected chi connectivity index (χ0v) is 17.4. The second kappa shape index (κ2) is 8.51. The summed E-state index contributed by atoms with van der Waals surface area (Å²) < 4.78 is 10.8. The summed E-state index contributed by atoms with van der Waals surface area (Å²) in [4.78, 5) is 29.7. The SMILES string of the molecule is CC[C@@H](NC(=O)c1ccccc1)c1nc(-c2cc3cccc(OC)c3oc2=O)cs1. The maximum atomic E-state index is 12.6. The topological polar surface area (TPSA) is 81.4 Å². The van der Waals surface area contributed by atoms with Gasteiger partial charge in [-0.2, -0.15) is 0 Å². The third kappa shape index (κ3) is 3.84. The molecule has 0 aliphatic heterocycles.